The zero-order valence-electron chi connectivity index (χ0n) is 16.9. The van der Waals surface area contributed by atoms with Crippen LogP contribution in [0.3, 0.4) is 0 Å². The van der Waals surface area contributed by atoms with Crippen LogP contribution in [0.15, 0.2) is 36.7 Å². The summed E-state index contributed by atoms with van der Waals surface area (Å²) in [5, 5.41) is 2.93. The molecular formula is C21H32N4O2. The molecular weight excluding hydrogens is 340 g/mol. The standard InChI is InChI=1S/C18H23N3O2.C3H9N/c1-3-21(4-2)10-5-11-23-16-6-7-17(20-13-16)18-12-15(14-22)8-9-19-18;1-3-4-2/h6-9,12-14H,3-5,10-11H2,1-2H3;4H,3H2,1-2H3. The number of hydrogen-bond donors (Lipinski definition) is 1. The summed E-state index contributed by atoms with van der Waals surface area (Å²) in [4.78, 5) is 21.8. The number of hydrogen-bond acceptors (Lipinski definition) is 6. The molecule has 2 heterocycles. The van der Waals surface area contributed by atoms with Crippen molar-refractivity contribution in [1.82, 2.24) is 20.2 Å². The van der Waals surface area contributed by atoms with Gasteiger partial charge in [-0.3, -0.25) is 14.8 Å². The van der Waals surface area contributed by atoms with Crippen molar-refractivity contribution in [2.24, 2.45) is 0 Å². The average molecular weight is 373 g/mol. The van der Waals surface area contributed by atoms with Gasteiger partial charge >= 0.3 is 0 Å². The Balaban J connectivity index is 0.000000828. The van der Waals surface area contributed by atoms with Crippen LogP contribution in [0.4, 0.5) is 0 Å². The van der Waals surface area contributed by atoms with Crippen molar-refractivity contribution in [1.29, 1.82) is 0 Å². The summed E-state index contributed by atoms with van der Waals surface area (Å²) >= 11 is 0. The highest BCUT2D eigenvalue weighted by molar-refractivity contribution is 5.76. The second kappa shape index (κ2) is 13.8. The summed E-state index contributed by atoms with van der Waals surface area (Å²) in [6.45, 7) is 11.3. The molecule has 0 saturated heterocycles. The van der Waals surface area contributed by atoms with Gasteiger partial charge in [-0.15, -0.1) is 0 Å². The van der Waals surface area contributed by atoms with Crippen molar-refractivity contribution >= 4 is 6.29 Å². The lowest BCUT2D eigenvalue weighted by Gasteiger charge is -2.17. The van der Waals surface area contributed by atoms with E-state index in [-0.39, 0.29) is 0 Å². The van der Waals surface area contributed by atoms with Gasteiger partial charge < -0.3 is 15.0 Å². The Morgan fingerprint density at radius 1 is 1.11 bits per heavy atom. The van der Waals surface area contributed by atoms with E-state index in [1.165, 1.54) is 0 Å². The lowest BCUT2D eigenvalue weighted by atomic mass is 10.2. The van der Waals surface area contributed by atoms with Gasteiger partial charge in [-0.1, -0.05) is 20.8 Å². The number of ether oxygens (including phenoxy) is 1. The second-order valence-electron chi connectivity index (χ2n) is 5.91. The molecule has 6 heteroatoms. The van der Waals surface area contributed by atoms with E-state index in [9.17, 15) is 4.79 Å². The van der Waals surface area contributed by atoms with Crippen molar-refractivity contribution in [2.75, 3.05) is 39.8 Å². The molecule has 0 saturated carbocycles. The fourth-order valence-corrected chi connectivity index (χ4v) is 2.30. The SMILES string of the molecule is CCN(CC)CCCOc1ccc(-c2cc(C=O)ccn2)nc1.CCNC. The van der Waals surface area contributed by atoms with Crippen LogP contribution in [0.5, 0.6) is 5.75 Å². The molecule has 0 unspecified atom stereocenters. The summed E-state index contributed by atoms with van der Waals surface area (Å²) in [6.07, 6.45) is 5.10. The Kier molecular flexibility index (Phi) is 11.6. The number of carbonyl (C=O) groups is 1. The molecule has 2 aromatic rings. The van der Waals surface area contributed by atoms with Gasteiger partial charge in [0.05, 0.1) is 24.2 Å². The van der Waals surface area contributed by atoms with Crippen LogP contribution < -0.4 is 10.1 Å². The van der Waals surface area contributed by atoms with Crippen molar-refractivity contribution in [3.63, 3.8) is 0 Å². The predicted octanol–water partition coefficient (Wildman–Crippen LogP) is 3.29. The molecule has 0 aliphatic rings. The van der Waals surface area contributed by atoms with Gasteiger partial charge in [-0.05, 0) is 57.4 Å². The van der Waals surface area contributed by atoms with Gasteiger partial charge in [-0.2, -0.15) is 0 Å². The number of nitrogens with one attached hydrogen (secondary N) is 1. The lowest BCUT2D eigenvalue weighted by molar-refractivity contribution is 0.112. The molecule has 0 bridgehead atoms. The molecule has 0 aliphatic heterocycles. The van der Waals surface area contributed by atoms with Gasteiger partial charge in [-0.25, -0.2) is 0 Å². The number of pyridine rings is 2. The minimum atomic E-state index is 0.591. The molecule has 2 aromatic heterocycles. The third-order valence-corrected chi connectivity index (χ3v) is 4.05. The molecule has 1 N–H and O–H groups in total. The fraction of sp³-hybridized carbons (Fsp3) is 0.476. The maximum Gasteiger partial charge on any atom is 0.150 e. The van der Waals surface area contributed by atoms with E-state index in [0.717, 1.165) is 50.3 Å². The molecule has 0 fully saturated rings. The lowest BCUT2D eigenvalue weighted by Crippen LogP contribution is -2.25. The molecule has 148 valence electrons. The van der Waals surface area contributed by atoms with Gasteiger partial charge in [0.2, 0.25) is 0 Å². The summed E-state index contributed by atoms with van der Waals surface area (Å²) in [5.41, 5.74) is 2.00. The van der Waals surface area contributed by atoms with Crippen LogP contribution in [0, 0.1) is 0 Å². The first-order chi connectivity index (χ1) is 13.2. The van der Waals surface area contributed by atoms with Gasteiger partial charge in [0.1, 0.15) is 12.0 Å². The average Bonchev–Trinajstić information content (AvgIpc) is 2.74. The molecule has 0 spiro atoms. The van der Waals surface area contributed by atoms with Crippen LogP contribution in [-0.4, -0.2) is 61.0 Å². The van der Waals surface area contributed by atoms with Crippen LogP contribution in [0.1, 0.15) is 37.6 Å². The Hall–Kier alpha value is -2.31. The monoisotopic (exact) mass is 372 g/mol. The van der Waals surface area contributed by atoms with Crippen molar-refractivity contribution in [3.8, 4) is 17.1 Å². The van der Waals surface area contributed by atoms with Crippen LogP contribution in [0.25, 0.3) is 11.4 Å². The summed E-state index contributed by atoms with van der Waals surface area (Å²) in [6, 6.07) is 7.13. The molecule has 0 atom stereocenters. The summed E-state index contributed by atoms with van der Waals surface area (Å²) in [5.74, 6) is 0.750. The normalized spacial score (nSPS) is 10.3. The molecule has 0 aliphatic carbocycles. The minimum Gasteiger partial charge on any atom is -0.492 e. The van der Waals surface area contributed by atoms with E-state index >= 15 is 0 Å². The van der Waals surface area contributed by atoms with Gasteiger partial charge in [0.15, 0.2) is 0 Å². The van der Waals surface area contributed by atoms with Crippen LogP contribution in [0.2, 0.25) is 0 Å². The number of nitrogens with zero attached hydrogens (tertiary/aromatic N) is 3. The van der Waals surface area contributed by atoms with Crippen molar-refractivity contribution in [3.05, 3.63) is 42.2 Å². The first-order valence-electron chi connectivity index (χ1n) is 9.55. The number of rotatable bonds is 10. The Labute approximate surface area is 163 Å². The molecule has 0 amide bonds. The summed E-state index contributed by atoms with van der Waals surface area (Å²) in [7, 11) is 1.93. The number of carbonyl (C=O) groups excluding carboxylic acids is 1. The largest absolute Gasteiger partial charge is 0.492 e. The number of aromatic nitrogens is 2. The zero-order chi connectivity index (χ0) is 19.9. The molecule has 27 heavy (non-hydrogen) atoms. The Bertz CT molecular complexity index is 641. The minimum absolute atomic E-state index is 0.591. The third kappa shape index (κ3) is 8.75. The number of aldehydes is 1. The maximum absolute atomic E-state index is 10.8. The highest BCUT2D eigenvalue weighted by Crippen LogP contribution is 2.18. The zero-order valence-corrected chi connectivity index (χ0v) is 16.9. The second-order valence-corrected chi connectivity index (χ2v) is 5.91. The predicted molar refractivity (Wildman–Crippen MR) is 110 cm³/mol. The molecule has 2 rings (SSSR count). The third-order valence-electron chi connectivity index (χ3n) is 4.05. The Morgan fingerprint density at radius 3 is 2.41 bits per heavy atom. The quantitative estimate of drug-likeness (QED) is 0.510. The van der Waals surface area contributed by atoms with Gasteiger partial charge in [0, 0.05) is 18.3 Å². The first kappa shape index (κ1) is 22.7. The Morgan fingerprint density at radius 2 is 1.85 bits per heavy atom. The molecule has 0 radical (unpaired) electrons. The van der Waals surface area contributed by atoms with E-state index in [0.29, 0.717) is 17.9 Å². The van der Waals surface area contributed by atoms with Crippen LogP contribution in [-0.2, 0) is 0 Å². The van der Waals surface area contributed by atoms with Gasteiger partial charge in [0.25, 0.3) is 0 Å². The van der Waals surface area contributed by atoms with E-state index in [1.807, 2.05) is 19.2 Å². The van der Waals surface area contributed by atoms with E-state index < -0.39 is 0 Å². The highest BCUT2D eigenvalue weighted by atomic mass is 16.5. The molecule has 6 nitrogen and oxygen atoms in total. The van der Waals surface area contributed by atoms with Crippen LogP contribution >= 0.6 is 0 Å². The van der Waals surface area contributed by atoms with Crippen molar-refractivity contribution in [2.45, 2.75) is 27.2 Å². The highest BCUT2D eigenvalue weighted by Gasteiger charge is 2.04. The van der Waals surface area contributed by atoms with Crippen molar-refractivity contribution < 1.29 is 9.53 Å². The molecule has 0 aromatic carbocycles. The topological polar surface area (TPSA) is 67.3 Å². The smallest absolute Gasteiger partial charge is 0.150 e. The summed E-state index contributed by atoms with van der Waals surface area (Å²) < 4.78 is 5.72. The maximum atomic E-state index is 10.8. The van der Waals surface area contributed by atoms with E-state index in [1.54, 1.807) is 24.5 Å². The van der Waals surface area contributed by atoms with E-state index in [4.69, 9.17) is 4.74 Å². The fourth-order valence-electron chi connectivity index (χ4n) is 2.30. The first-order valence-corrected chi connectivity index (χ1v) is 9.55. The van der Waals surface area contributed by atoms with E-state index in [2.05, 4.69) is 41.0 Å².